The van der Waals surface area contributed by atoms with Crippen LogP contribution in [0.5, 0.6) is 0 Å². The van der Waals surface area contributed by atoms with Crippen molar-refractivity contribution in [2.24, 2.45) is 0 Å². The Morgan fingerprint density at radius 2 is 2.00 bits per heavy atom. The summed E-state index contributed by atoms with van der Waals surface area (Å²) in [6.45, 7) is 6.48. The first-order valence-electron chi connectivity index (χ1n) is 7.97. The number of hydrogen-bond acceptors (Lipinski definition) is 4. The maximum Gasteiger partial charge on any atom is 0.418 e. The molecule has 0 bridgehead atoms. The molecule has 0 fully saturated rings. The quantitative estimate of drug-likeness (QED) is 0.832. The summed E-state index contributed by atoms with van der Waals surface area (Å²) in [5, 5.41) is 8.30. The zero-order chi connectivity index (χ0) is 18.4. The molecule has 0 aromatic carbocycles. The third-order valence-corrected chi connectivity index (χ3v) is 4.35. The van der Waals surface area contributed by atoms with Crippen LogP contribution >= 0.6 is 0 Å². The van der Waals surface area contributed by atoms with Crippen LogP contribution in [0.1, 0.15) is 60.3 Å². The molecule has 1 aliphatic heterocycles. The number of carbonyl (C=O) groups excluding carboxylic acids is 1. The number of fused-ring (bicyclic) bond motifs is 1. The van der Waals surface area contributed by atoms with E-state index in [1.165, 1.54) is 11.1 Å². The molecule has 6 nitrogen and oxygen atoms in total. The van der Waals surface area contributed by atoms with E-state index in [2.05, 4.69) is 15.2 Å². The van der Waals surface area contributed by atoms with E-state index in [0.29, 0.717) is 25.1 Å². The van der Waals surface area contributed by atoms with Gasteiger partial charge in [0.1, 0.15) is 5.82 Å². The largest absolute Gasteiger partial charge is 0.418 e. The van der Waals surface area contributed by atoms with Gasteiger partial charge in [-0.05, 0) is 13.0 Å². The first kappa shape index (κ1) is 17.4. The number of aromatic nitrogens is 4. The van der Waals surface area contributed by atoms with Crippen LogP contribution in [-0.4, -0.2) is 37.1 Å². The number of alkyl halides is 3. The predicted octanol–water partition coefficient (Wildman–Crippen LogP) is 3.03. The molecule has 2 aromatic rings. The van der Waals surface area contributed by atoms with E-state index in [9.17, 15) is 18.0 Å². The van der Waals surface area contributed by atoms with Crippen molar-refractivity contribution in [3.63, 3.8) is 0 Å². The minimum Gasteiger partial charge on any atom is -0.327 e. The van der Waals surface area contributed by atoms with E-state index >= 15 is 0 Å². The van der Waals surface area contributed by atoms with Crippen LogP contribution in [0.2, 0.25) is 0 Å². The molecule has 1 aliphatic rings. The highest BCUT2D eigenvalue weighted by Gasteiger charge is 2.39. The Morgan fingerprint density at radius 3 is 2.64 bits per heavy atom. The zero-order valence-electron chi connectivity index (χ0n) is 14.1. The monoisotopic (exact) mass is 353 g/mol. The summed E-state index contributed by atoms with van der Waals surface area (Å²) in [6, 6.07) is 0.645. The second-order valence-electron chi connectivity index (χ2n) is 6.32. The van der Waals surface area contributed by atoms with E-state index in [4.69, 9.17) is 0 Å². The van der Waals surface area contributed by atoms with Gasteiger partial charge in [0, 0.05) is 31.4 Å². The number of hydrogen-bond donors (Lipinski definition) is 0. The van der Waals surface area contributed by atoms with Gasteiger partial charge in [-0.2, -0.15) is 13.2 Å². The molecule has 0 radical (unpaired) electrons. The Kier molecular flexibility index (Phi) is 4.26. The number of pyridine rings is 1. The standard InChI is InChI=1S/C16H18F3N5O/c1-9(2)13-21-22-14-10(3)23(6-7-24(13)14)15(25)11-4-5-20-8-12(11)16(17,18)19/h4-5,8-10H,6-7H2,1-3H3. The van der Waals surface area contributed by atoms with Gasteiger partial charge in [0.25, 0.3) is 5.91 Å². The highest BCUT2D eigenvalue weighted by Crippen LogP contribution is 2.34. The van der Waals surface area contributed by atoms with Gasteiger partial charge in [-0.3, -0.25) is 9.78 Å². The van der Waals surface area contributed by atoms with Gasteiger partial charge in [-0.1, -0.05) is 13.8 Å². The molecule has 0 aliphatic carbocycles. The highest BCUT2D eigenvalue weighted by atomic mass is 19.4. The maximum absolute atomic E-state index is 13.2. The third kappa shape index (κ3) is 2.98. The van der Waals surface area contributed by atoms with Crippen molar-refractivity contribution >= 4 is 5.91 Å². The predicted molar refractivity (Wildman–Crippen MR) is 82.8 cm³/mol. The van der Waals surface area contributed by atoms with Crippen LogP contribution in [0.15, 0.2) is 18.5 Å². The van der Waals surface area contributed by atoms with E-state index in [1.54, 1.807) is 6.92 Å². The molecule has 134 valence electrons. The molecule has 3 heterocycles. The van der Waals surface area contributed by atoms with E-state index < -0.39 is 29.3 Å². The molecule has 0 N–H and O–H groups in total. The van der Waals surface area contributed by atoms with Crippen LogP contribution < -0.4 is 0 Å². The number of amides is 1. The Balaban J connectivity index is 1.95. The summed E-state index contributed by atoms with van der Waals surface area (Å²) in [4.78, 5) is 17.7. The van der Waals surface area contributed by atoms with Crippen molar-refractivity contribution in [2.75, 3.05) is 6.54 Å². The molecule has 0 saturated carbocycles. The minimum absolute atomic E-state index is 0.174. The van der Waals surface area contributed by atoms with Gasteiger partial charge < -0.3 is 9.47 Å². The minimum atomic E-state index is -4.64. The van der Waals surface area contributed by atoms with Crippen molar-refractivity contribution in [3.05, 3.63) is 41.2 Å². The van der Waals surface area contributed by atoms with Gasteiger partial charge in [0.05, 0.1) is 17.2 Å². The molecule has 1 unspecified atom stereocenters. The smallest absolute Gasteiger partial charge is 0.327 e. The van der Waals surface area contributed by atoms with Gasteiger partial charge in [-0.15, -0.1) is 10.2 Å². The van der Waals surface area contributed by atoms with Gasteiger partial charge in [0.2, 0.25) is 0 Å². The summed E-state index contributed by atoms with van der Waals surface area (Å²) in [7, 11) is 0. The number of nitrogens with zero attached hydrogens (tertiary/aromatic N) is 5. The molecule has 25 heavy (non-hydrogen) atoms. The first-order valence-corrected chi connectivity index (χ1v) is 7.97. The molecule has 0 saturated heterocycles. The van der Waals surface area contributed by atoms with E-state index in [1.807, 2.05) is 18.4 Å². The van der Waals surface area contributed by atoms with Crippen molar-refractivity contribution in [1.82, 2.24) is 24.6 Å². The average Bonchev–Trinajstić information content (AvgIpc) is 2.99. The summed E-state index contributed by atoms with van der Waals surface area (Å²) in [5.74, 6) is 0.898. The Labute approximate surface area is 142 Å². The number of rotatable bonds is 2. The Hall–Kier alpha value is -2.45. The lowest BCUT2D eigenvalue weighted by atomic mass is 10.1. The summed E-state index contributed by atoms with van der Waals surface area (Å²) >= 11 is 0. The summed E-state index contributed by atoms with van der Waals surface area (Å²) in [6.07, 6.45) is -2.76. The van der Waals surface area contributed by atoms with Crippen LogP contribution in [0, 0.1) is 0 Å². The SMILES string of the molecule is CC(C)c1nnc2n1CCN(C(=O)c1ccncc1C(F)(F)F)C2C. The van der Waals surface area contributed by atoms with Gasteiger partial charge in [0.15, 0.2) is 5.82 Å². The van der Waals surface area contributed by atoms with Crippen LogP contribution in [0.25, 0.3) is 0 Å². The van der Waals surface area contributed by atoms with E-state index in [-0.39, 0.29) is 5.92 Å². The normalized spacial score (nSPS) is 17.7. The molecule has 2 aromatic heterocycles. The highest BCUT2D eigenvalue weighted by molar-refractivity contribution is 5.96. The molecular weight excluding hydrogens is 335 g/mol. The van der Waals surface area contributed by atoms with Crippen LogP contribution in [0.4, 0.5) is 13.2 Å². The Morgan fingerprint density at radius 1 is 1.28 bits per heavy atom. The molecular formula is C16H18F3N5O. The summed E-state index contributed by atoms with van der Waals surface area (Å²) < 4.78 is 41.4. The fraction of sp³-hybridized carbons (Fsp3) is 0.500. The van der Waals surface area contributed by atoms with E-state index in [0.717, 1.165) is 11.9 Å². The fourth-order valence-electron chi connectivity index (χ4n) is 3.07. The second-order valence-corrected chi connectivity index (χ2v) is 6.32. The van der Waals surface area contributed by atoms with Crippen LogP contribution in [0.3, 0.4) is 0 Å². The first-order chi connectivity index (χ1) is 11.7. The van der Waals surface area contributed by atoms with Crippen molar-refractivity contribution in [3.8, 4) is 0 Å². The van der Waals surface area contributed by atoms with Gasteiger partial charge >= 0.3 is 6.18 Å². The van der Waals surface area contributed by atoms with Gasteiger partial charge in [-0.25, -0.2) is 0 Å². The zero-order valence-corrected chi connectivity index (χ0v) is 14.1. The van der Waals surface area contributed by atoms with Crippen molar-refractivity contribution < 1.29 is 18.0 Å². The lowest BCUT2D eigenvalue weighted by Crippen LogP contribution is -2.42. The van der Waals surface area contributed by atoms with Crippen molar-refractivity contribution in [1.29, 1.82) is 0 Å². The fourth-order valence-corrected chi connectivity index (χ4v) is 3.07. The lowest BCUT2D eigenvalue weighted by Gasteiger charge is -2.34. The average molecular weight is 353 g/mol. The van der Waals surface area contributed by atoms with Crippen LogP contribution in [-0.2, 0) is 12.7 Å². The van der Waals surface area contributed by atoms with Crippen molar-refractivity contribution in [2.45, 2.75) is 45.5 Å². The maximum atomic E-state index is 13.2. The molecule has 1 atom stereocenters. The number of carbonyl (C=O) groups is 1. The Bertz CT molecular complexity index is 799. The topological polar surface area (TPSA) is 63.9 Å². The second kappa shape index (κ2) is 6.12. The molecule has 9 heteroatoms. The third-order valence-electron chi connectivity index (χ3n) is 4.35. The molecule has 0 spiro atoms. The summed E-state index contributed by atoms with van der Waals surface area (Å²) in [5.41, 5.74) is -1.42. The molecule has 1 amide bonds. The number of halogens is 3. The molecule has 3 rings (SSSR count). The lowest BCUT2D eigenvalue weighted by molar-refractivity contribution is -0.138.